The van der Waals surface area contributed by atoms with Crippen LogP contribution in [0.3, 0.4) is 0 Å². The van der Waals surface area contributed by atoms with Crippen LogP contribution in [0.15, 0.2) is 88.3 Å². The van der Waals surface area contributed by atoms with E-state index >= 15 is 0 Å². The lowest BCUT2D eigenvalue weighted by molar-refractivity contribution is 0.388. The van der Waals surface area contributed by atoms with Crippen molar-refractivity contribution >= 4 is 15.9 Å². The van der Waals surface area contributed by atoms with Crippen LogP contribution in [-0.2, 0) is 23.1 Å². The summed E-state index contributed by atoms with van der Waals surface area (Å²) >= 11 is 0. The fourth-order valence-corrected chi connectivity index (χ4v) is 5.99. The van der Waals surface area contributed by atoms with E-state index in [1.165, 1.54) is 24.0 Å². The van der Waals surface area contributed by atoms with Gasteiger partial charge in [-0.2, -0.15) is 13.5 Å². The normalized spacial score (nSPS) is 15.2. The molecule has 2 N–H and O–H groups in total. The summed E-state index contributed by atoms with van der Waals surface area (Å²) in [6.45, 7) is 2.09. The Morgan fingerprint density at radius 2 is 1.87 bits per heavy atom. The van der Waals surface area contributed by atoms with Gasteiger partial charge in [0.25, 0.3) is 0 Å². The van der Waals surface area contributed by atoms with Crippen LogP contribution in [0.25, 0.3) is 0 Å². The first-order valence-corrected chi connectivity index (χ1v) is 14.3. The van der Waals surface area contributed by atoms with Crippen LogP contribution in [0.2, 0.25) is 0 Å². The average molecular weight is 534 g/mol. The van der Waals surface area contributed by atoms with Crippen LogP contribution < -0.4 is 10.3 Å². The van der Waals surface area contributed by atoms with Crippen LogP contribution in [-0.4, -0.2) is 22.7 Å². The molecule has 4 aromatic rings. The molecular formula is C29H31N3O5S. The molecule has 0 spiro atoms. The summed E-state index contributed by atoms with van der Waals surface area (Å²) in [7, 11) is -3.87. The number of benzene rings is 2. The highest BCUT2D eigenvalue weighted by atomic mass is 32.2. The largest absolute Gasteiger partial charge is 0.507 e. The fraction of sp³-hybridized carbons (Fsp3) is 0.310. The molecule has 0 radical (unpaired) electrons. The van der Waals surface area contributed by atoms with Crippen LogP contribution in [0.1, 0.15) is 60.5 Å². The maximum absolute atomic E-state index is 13.2. The van der Waals surface area contributed by atoms with Crippen LogP contribution >= 0.6 is 0 Å². The van der Waals surface area contributed by atoms with Gasteiger partial charge in [-0.1, -0.05) is 49.4 Å². The van der Waals surface area contributed by atoms with Crippen molar-refractivity contribution < 1.29 is 17.9 Å². The van der Waals surface area contributed by atoms with Crippen LogP contribution in [0, 0.1) is 5.92 Å². The summed E-state index contributed by atoms with van der Waals surface area (Å²) < 4.78 is 34.2. The molecule has 2 heterocycles. The Morgan fingerprint density at radius 1 is 1.08 bits per heavy atom. The molecule has 5 rings (SSSR count). The summed E-state index contributed by atoms with van der Waals surface area (Å²) in [6, 6.07) is 20.3. The summed E-state index contributed by atoms with van der Waals surface area (Å²) in [6.07, 6.45) is 6.54. The summed E-state index contributed by atoms with van der Waals surface area (Å²) in [4.78, 5) is 13.2. The maximum atomic E-state index is 13.2. The molecule has 2 aromatic heterocycles. The predicted molar refractivity (Wildman–Crippen MR) is 146 cm³/mol. The van der Waals surface area contributed by atoms with Crippen molar-refractivity contribution in [1.29, 1.82) is 0 Å². The van der Waals surface area contributed by atoms with Gasteiger partial charge < -0.3 is 9.52 Å². The highest BCUT2D eigenvalue weighted by Crippen LogP contribution is 2.46. The number of nitrogens with zero attached hydrogens (tertiary/aromatic N) is 2. The van der Waals surface area contributed by atoms with Gasteiger partial charge in [0.05, 0.1) is 17.4 Å². The van der Waals surface area contributed by atoms with E-state index in [0.717, 1.165) is 28.9 Å². The van der Waals surface area contributed by atoms with Crippen molar-refractivity contribution in [2.45, 2.75) is 50.9 Å². The SMILES string of the molecule is CCC(Cc1cc(O)c(C(Cc2cccc(NS(=O)(=O)n3cccn3)c2)C2CC2)c(=O)o1)c1ccccc1. The average Bonchev–Trinajstić information content (AvgIpc) is 3.58. The Morgan fingerprint density at radius 3 is 2.53 bits per heavy atom. The summed E-state index contributed by atoms with van der Waals surface area (Å²) in [5, 5.41) is 14.8. The Balaban J connectivity index is 1.37. The Labute approximate surface area is 222 Å². The second-order valence-electron chi connectivity index (χ2n) is 9.85. The Hall–Kier alpha value is -3.85. The third-order valence-electron chi connectivity index (χ3n) is 7.15. The van der Waals surface area contributed by atoms with Gasteiger partial charge in [0.1, 0.15) is 11.5 Å². The highest BCUT2D eigenvalue weighted by molar-refractivity contribution is 7.91. The monoisotopic (exact) mass is 533 g/mol. The molecule has 0 bridgehead atoms. The lowest BCUT2D eigenvalue weighted by Crippen LogP contribution is -2.22. The molecule has 2 aromatic carbocycles. The van der Waals surface area contributed by atoms with Crippen molar-refractivity contribution in [1.82, 2.24) is 9.19 Å². The minimum Gasteiger partial charge on any atom is -0.507 e. The molecule has 38 heavy (non-hydrogen) atoms. The van der Waals surface area contributed by atoms with Gasteiger partial charge in [0, 0.05) is 24.6 Å². The van der Waals surface area contributed by atoms with E-state index in [1.807, 2.05) is 24.3 Å². The minimum atomic E-state index is -3.87. The first-order chi connectivity index (χ1) is 18.3. The van der Waals surface area contributed by atoms with Crippen LogP contribution in [0.5, 0.6) is 5.75 Å². The molecule has 1 fully saturated rings. The number of aromatic nitrogens is 2. The molecule has 0 amide bonds. The topological polar surface area (TPSA) is 114 Å². The zero-order valence-electron chi connectivity index (χ0n) is 21.2. The van der Waals surface area contributed by atoms with E-state index in [-0.39, 0.29) is 23.5 Å². The molecule has 1 aliphatic rings. The van der Waals surface area contributed by atoms with Gasteiger partial charge in [-0.15, -0.1) is 4.09 Å². The molecular weight excluding hydrogens is 502 g/mol. The smallest absolute Gasteiger partial charge is 0.343 e. The van der Waals surface area contributed by atoms with E-state index in [2.05, 4.69) is 28.9 Å². The molecule has 2 unspecified atom stereocenters. The fourth-order valence-electron chi connectivity index (χ4n) is 5.06. The van der Waals surface area contributed by atoms with E-state index < -0.39 is 15.8 Å². The summed E-state index contributed by atoms with van der Waals surface area (Å²) in [5.41, 5.74) is 2.20. The minimum absolute atomic E-state index is 0.0356. The van der Waals surface area contributed by atoms with Gasteiger partial charge in [-0.3, -0.25) is 4.72 Å². The van der Waals surface area contributed by atoms with Crippen molar-refractivity contribution in [3.05, 3.63) is 112 Å². The van der Waals surface area contributed by atoms with Gasteiger partial charge in [-0.25, -0.2) is 4.79 Å². The quantitative estimate of drug-likeness (QED) is 0.273. The van der Waals surface area contributed by atoms with Crippen molar-refractivity contribution in [2.24, 2.45) is 5.92 Å². The Kier molecular flexibility index (Phi) is 7.37. The molecule has 2 atom stereocenters. The van der Waals surface area contributed by atoms with Crippen molar-refractivity contribution in [3.8, 4) is 5.75 Å². The zero-order chi connectivity index (χ0) is 26.7. The van der Waals surface area contributed by atoms with Gasteiger partial charge >= 0.3 is 15.8 Å². The number of rotatable bonds is 11. The van der Waals surface area contributed by atoms with E-state index in [9.17, 15) is 18.3 Å². The van der Waals surface area contributed by atoms with Gasteiger partial charge in [0.2, 0.25) is 0 Å². The second-order valence-corrected chi connectivity index (χ2v) is 11.4. The zero-order valence-corrected chi connectivity index (χ0v) is 22.0. The number of aromatic hydroxyl groups is 1. The second kappa shape index (κ2) is 10.9. The third kappa shape index (κ3) is 5.83. The van der Waals surface area contributed by atoms with Crippen LogP contribution in [0.4, 0.5) is 5.69 Å². The van der Waals surface area contributed by atoms with Crippen molar-refractivity contribution in [3.63, 3.8) is 0 Å². The van der Waals surface area contributed by atoms with E-state index in [1.54, 1.807) is 24.3 Å². The van der Waals surface area contributed by atoms with Gasteiger partial charge in [0.15, 0.2) is 0 Å². The van der Waals surface area contributed by atoms with E-state index in [4.69, 9.17) is 4.42 Å². The number of hydrogen-bond donors (Lipinski definition) is 2. The summed E-state index contributed by atoms with van der Waals surface area (Å²) in [5.74, 6) is 0.640. The molecule has 0 saturated heterocycles. The Bertz CT molecular complexity index is 1540. The lowest BCUT2D eigenvalue weighted by atomic mass is 9.87. The van der Waals surface area contributed by atoms with Crippen molar-refractivity contribution in [2.75, 3.05) is 4.72 Å². The molecule has 8 nitrogen and oxygen atoms in total. The highest BCUT2D eigenvalue weighted by Gasteiger charge is 2.36. The number of anilines is 1. The molecule has 1 aliphatic carbocycles. The molecule has 0 aliphatic heterocycles. The predicted octanol–water partition coefficient (Wildman–Crippen LogP) is 5.22. The first kappa shape index (κ1) is 25.8. The lowest BCUT2D eigenvalue weighted by Gasteiger charge is -2.19. The molecule has 1 saturated carbocycles. The van der Waals surface area contributed by atoms with E-state index in [0.29, 0.717) is 29.9 Å². The first-order valence-electron chi connectivity index (χ1n) is 12.9. The standard InChI is InChI=1S/C29H31N3O5S/c1-2-21(22-9-4-3-5-10-22)18-25-19-27(33)28(29(34)37-25)26(23-12-13-23)17-20-8-6-11-24(16-20)31-38(35,36)32-15-7-14-30-32/h3-11,14-16,19,21,23,26,31,33H,2,12-13,17-18H2,1H3. The molecule has 9 heteroatoms. The number of hydrogen-bond acceptors (Lipinski definition) is 6. The number of nitrogens with one attached hydrogen (secondary N) is 1. The maximum Gasteiger partial charge on any atom is 0.343 e. The third-order valence-corrected chi connectivity index (χ3v) is 8.35. The molecule has 198 valence electrons. The van der Waals surface area contributed by atoms with Gasteiger partial charge in [-0.05, 0) is 66.8 Å².